The summed E-state index contributed by atoms with van der Waals surface area (Å²) in [7, 11) is 1.99. The third-order valence-electron chi connectivity index (χ3n) is 3.90. The summed E-state index contributed by atoms with van der Waals surface area (Å²) in [5.74, 6) is 1.01. The lowest BCUT2D eigenvalue weighted by atomic mass is 10.0. The van der Waals surface area contributed by atoms with Gasteiger partial charge >= 0.3 is 0 Å². The normalized spacial score (nSPS) is 12.9. The molecule has 2 aromatic heterocycles. The molecule has 1 atom stereocenters. The van der Waals surface area contributed by atoms with Crippen molar-refractivity contribution >= 4 is 10.9 Å². The molecule has 0 aliphatic rings. The molecule has 0 fully saturated rings. The number of aromatic nitrogens is 2. The number of rotatable bonds is 5. The lowest BCUT2D eigenvalue weighted by Gasteiger charge is -2.15. The van der Waals surface area contributed by atoms with Crippen molar-refractivity contribution in [2.24, 2.45) is 7.05 Å². The second-order valence-corrected chi connectivity index (χ2v) is 5.37. The zero-order valence-corrected chi connectivity index (χ0v) is 12.8. The Morgan fingerprint density at radius 1 is 1.29 bits per heavy atom. The van der Waals surface area contributed by atoms with Crippen molar-refractivity contribution in [2.75, 3.05) is 6.54 Å². The number of hydrogen-bond acceptors (Lipinski definition) is 3. The molecule has 1 unspecified atom stereocenters. The second kappa shape index (κ2) is 5.74. The van der Waals surface area contributed by atoms with Crippen LogP contribution < -0.4 is 5.32 Å². The molecular weight excluding hydrogens is 262 g/mol. The summed E-state index contributed by atoms with van der Waals surface area (Å²) in [6, 6.07) is 10.5. The molecule has 3 aromatic rings. The average molecular weight is 283 g/mol. The van der Waals surface area contributed by atoms with Crippen LogP contribution in [0.25, 0.3) is 10.9 Å². The third kappa shape index (κ3) is 2.59. The van der Waals surface area contributed by atoms with Gasteiger partial charge in [-0.3, -0.25) is 4.68 Å². The van der Waals surface area contributed by atoms with Gasteiger partial charge in [0.25, 0.3) is 0 Å². The predicted octanol–water partition coefficient (Wildman–Crippen LogP) is 3.37. The maximum absolute atomic E-state index is 5.67. The summed E-state index contributed by atoms with van der Waals surface area (Å²) in [4.78, 5) is 0. The Morgan fingerprint density at radius 2 is 2.10 bits per heavy atom. The molecule has 0 amide bonds. The molecule has 1 aromatic carbocycles. The first kappa shape index (κ1) is 13.9. The van der Waals surface area contributed by atoms with Crippen molar-refractivity contribution in [1.82, 2.24) is 15.1 Å². The van der Waals surface area contributed by atoms with Crippen molar-refractivity contribution in [1.29, 1.82) is 0 Å². The molecule has 0 aliphatic heterocycles. The number of fused-ring (bicyclic) bond motifs is 1. The molecule has 0 radical (unpaired) electrons. The summed E-state index contributed by atoms with van der Waals surface area (Å²) in [6.45, 7) is 5.09. The zero-order chi connectivity index (χ0) is 14.8. The van der Waals surface area contributed by atoms with Gasteiger partial charge in [-0.15, -0.1) is 0 Å². The van der Waals surface area contributed by atoms with E-state index in [0.717, 1.165) is 24.4 Å². The highest BCUT2D eigenvalue weighted by molar-refractivity contribution is 5.81. The summed E-state index contributed by atoms with van der Waals surface area (Å²) in [5, 5.41) is 9.41. The minimum absolute atomic E-state index is 0.156. The number of nitrogens with one attached hydrogen (secondary N) is 1. The first-order chi connectivity index (χ1) is 10.2. The van der Waals surface area contributed by atoms with Gasteiger partial charge in [-0.2, -0.15) is 5.10 Å². The fraction of sp³-hybridized carbons (Fsp3) is 0.353. The zero-order valence-electron chi connectivity index (χ0n) is 12.8. The Bertz CT molecular complexity index is 741. The molecular formula is C17H21N3O. The van der Waals surface area contributed by atoms with Crippen LogP contribution in [0.15, 0.2) is 41.0 Å². The van der Waals surface area contributed by atoms with E-state index < -0.39 is 0 Å². The Morgan fingerprint density at radius 3 is 2.81 bits per heavy atom. The molecule has 3 rings (SSSR count). The predicted molar refractivity (Wildman–Crippen MR) is 84.3 cm³/mol. The van der Waals surface area contributed by atoms with Crippen LogP contribution in [0.3, 0.4) is 0 Å². The molecule has 2 heterocycles. The highest BCUT2D eigenvalue weighted by Crippen LogP contribution is 2.26. The summed E-state index contributed by atoms with van der Waals surface area (Å²) in [5.41, 5.74) is 3.45. The fourth-order valence-corrected chi connectivity index (χ4v) is 2.88. The van der Waals surface area contributed by atoms with E-state index in [-0.39, 0.29) is 6.04 Å². The maximum atomic E-state index is 5.67. The van der Waals surface area contributed by atoms with Crippen LogP contribution in [-0.4, -0.2) is 16.3 Å². The Kier molecular flexibility index (Phi) is 3.80. The van der Waals surface area contributed by atoms with E-state index in [0.29, 0.717) is 0 Å². The monoisotopic (exact) mass is 283 g/mol. The van der Waals surface area contributed by atoms with Gasteiger partial charge in [-0.25, -0.2) is 0 Å². The highest BCUT2D eigenvalue weighted by Gasteiger charge is 2.20. The van der Waals surface area contributed by atoms with E-state index >= 15 is 0 Å². The van der Waals surface area contributed by atoms with Gasteiger partial charge in [0.15, 0.2) is 0 Å². The molecule has 21 heavy (non-hydrogen) atoms. The van der Waals surface area contributed by atoms with Crippen molar-refractivity contribution in [2.45, 2.75) is 26.3 Å². The number of likely N-dealkylation sites (N-methyl/N-ethyl adjacent to an activating group) is 1. The first-order valence-electron chi connectivity index (χ1n) is 7.38. The van der Waals surface area contributed by atoms with Crippen molar-refractivity contribution in [3.05, 3.63) is 53.6 Å². The van der Waals surface area contributed by atoms with Crippen molar-refractivity contribution in [3.63, 3.8) is 0 Å². The molecule has 1 N–H and O–H groups in total. The Balaban J connectivity index is 1.97. The summed E-state index contributed by atoms with van der Waals surface area (Å²) in [6.07, 6.45) is 2.58. The molecule has 110 valence electrons. The van der Waals surface area contributed by atoms with E-state index in [4.69, 9.17) is 4.42 Å². The Labute approximate surface area is 124 Å². The van der Waals surface area contributed by atoms with Crippen LogP contribution in [0.5, 0.6) is 0 Å². The van der Waals surface area contributed by atoms with Gasteiger partial charge in [-0.1, -0.05) is 25.1 Å². The molecule has 4 heteroatoms. The number of benzene rings is 1. The molecule has 0 aliphatic carbocycles. The van der Waals surface area contributed by atoms with Crippen molar-refractivity contribution in [3.8, 4) is 0 Å². The van der Waals surface area contributed by atoms with E-state index in [1.807, 2.05) is 23.9 Å². The number of hydrogen-bond donors (Lipinski definition) is 1. The van der Waals surface area contributed by atoms with Crippen molar-refractivity contribution < 1.29 is 4.42 Å². The summed E-state index contributed by atoms with van der Waals surface area (Å²) < 4.78 is 7.62. The fourth-order valence-electron chi connectivity index (χ4n) is 2.88. The van der Waals surface area contributed by atoms with E-state index in [1.54, 1.807) is 6.26 Å². The van der Waals surface area contributed by atoms with Gasteiger partial charge in [0, 0.05) is 18.9 Å². The van der Waals surface area contributed by atoms with Gasteiger partial charge in [0.1, 0.15) is 5.76 Å². The van der Waals surface area contributed by atoms with Crippen LogP contribution in [-0.2, 0) is 13.5 Å². The summed E-state index contributed by atoms with van der Waals surface area (Å²) >= 11 is 0. The topological polar surface area (TPSA) is 43.0 Å². The smallest absolute Gasteiger partial charge is 0.123 e. The first-order valence-corrected chi connectivity index (χ1v) is 7.38. The largest absolute Gasteiger partial charge is 0.467 e. The third-order valence-corrected chi connectivity index (χ3v) is 3.90. The molecule has 0 spiro atoms. The van der Waals surface area contributed by atoms with Crippen LogP contribution in [0.2, 0.25) is 0 Å². The molecule has 0 bridgehead atoms. The quantitative estimate of drug-likeness (QED) is 0.780. The second-order valence-electron chi connectivity index (χ2n) is 5.37. The lowest BCUT2D eigenvalue weighted by molar-refractivity contribution is 0.411. The van der Waals surface area contributed by atoms with Crippen LogP contribution >= 0.6 is 0 Å². The Hall–Kier alpha value is -2.07. The van der Waals surface area contributed by atoms with E-state index in [2.05, 4.69) is 42.5 Å². The van der Waals surface area contributed by atoms with E-state index in [1.165, 1.54) is 16.5 Å². The molecule has 0 saturated carbocycles. The van der Waals surface area contributed by atoms with Crippen LogP contribution in [0.4, 0.5) is 0 Å². The van der Waals surface area contributed by atoms with Gasteiger partial charge in [0.2, 0.25) is 0 Å². The lowest BCUT2D eigenvalue weighted by Crippen LogP contribution is -2.23. The SMILES string of the molecule is CCNC(Cc1nn(C)c2ccccc12)c1occc1C. The number of furan rings is 1. The van der Waals surface area contributed by atoms with E-state index in [9.17, 15) is 0 Å². The minimum Gasteiger partial charge on any atom is -0.467 e. The standard InChI is InChI=1S/C17H21N3O/c1-4-18-15(17-12(2)9-10-21-17)11-14-13-7-5-6-8-16(13)20(3)19-14/h5-10,15,18H,4,11H2,1-3H3. The minimum atomic E-state index is 0.156. The van der Waals surface area contributed by atoms with Gasteiger partial charge in [-0.05, 0) is 31.2 Å². The highest BCUT2D eigenvalue weighted by atomic mass is 16.3. The van der Waals surface area contributed by atoms with Crippen LogP contribution in [0, 0.1) is 6.92 Å². The molecule has 4 nitrogen and oxygen atoms in total. The number of nitrogens with zero attached hydrogens (tertiary/aromatic N) is 2. The van der Waals surface area contributed by atoms with Gasteiger partial charge < -0.3 is 9.73 Å². The number of aryl methyl sites for hydroxylation is 2. The van der Waals surface area contributed by atoms with Crippen LogP contribution in [0.1, 0.15) is 30.0 Å². The average Bonchev–Trinajstić information content (AvgIpc) is 3.04. The van der Waals surface area contributed by atoms with Gasteiger partial charge in [0.05, 0.1) is 23.5 Å². The molecule has 0 saturated heterocycles. The maximum Gasteiger partial charge on any atom is 0.123 e. The number of para-hydroxylation sites is 1.